The van der Waals surface area contributed by atoms with Gasteiger partial charge in [-0.05, 0) is 90.6 Å². The van der Waals surface area contributed by atoms with Crippen LogP contribution in [0, 0.1) is 11.3 Å². The molecule has 5 aliphatic rings. The number of amides is 5. The van der Waals surface area contributed by atoms with Gasteiger partial charge in [0.15, 0.2) is 29.2 Å². The molecule has 5 N–H and O–H groups in total. The van der Waals surface area contributed by atoms with E-state index >= 15 is 0 Å². The number of carbonyl (C=O) groups excluding carboxylic acids is 5. The summed E-state index contributed by atoms with van der Waals surface area (Å²) in [5.74, 6) is 0.449. The lowest BCUT2D eigenvalue weighted by molar-refractivity contribution is -0.127. The van der Waals surface area contributed by atoms with Crippen molar-refractivity contribution in [2.45, 2.75) is 89.9 Å². The van der Waals surface area contributed by atoms with Crippen LogP contribution in [0.1, 0.15) is 84.7 Å². The number of aliphatic hydroxyl groups excluding tert-OH is 1. The number of benzene rings is 4. The second-order valence-corrected chi connectivity index (χ2v) is 19.5. The third-order valence-electron chi connectivity index (χ3n) is 14.2. The van der Waals surface area contributed by atoms with Crippen molar-refractivity contribution in [1.82, 2.24) is 15.1 Å². The molecule has 384 valence electrons. The van der Waals surface area contributed by atoms with Crippen LogP contribution in [-0.4, -0.2) is 122 Å². The molecule has 9 rings (SSSR count). The Morgan fingerprint density at radius 2 is 1.51 bits per heavy atom. The van der Waals surface area contributed by atoms with Crippen LogP contribution in [0.15, 0.2) is 84.0 Å². The molecule has 1 spiro atoms. The van der Waals surface area contributed by atoms with Crippen LogP contribution < -0.4 is 45.0 Å². The Kier molecular flexibility index (Phi) is 14.4. The van der Waals surface area contributed by atoms with E-state index < -0.39 is 42.3 Å². The van der Waals surface area contributed by atoms with Crippen molar-refractivity contribution in [3.63, 3.8) is 0 Å². The summed E-state index contributed by atoms with van der Waals surface area (Å²) < 4.78 is 34.9. The molecule has 3 unspecified atom stereocenters. The monoisotopic (exact) mass is 999 g/mol. The predicted molar refractivity (Wildman–Crippen MR) is 271 cm³/mol. The van der Waals surface area contributed by atoms with Crippen molar-refractivity contribution in [2.24, 2.45) is 22.1 Å². The Labute approximate surface area is 423 Å². The van der Waals surface area contributed by atoms with Crippen LogP contribution in [0.4, 0.5) is 21.9 Å². The molecule has 0 radical (unpaired) electrons. The number of nitrogens with zero attached hydrogens (tertiary/aromatic N) is 4. The molecular weight excluding hydrogens is 939 g/mol. The fourth-order valence-electron chi connectivity index (χ4n) is 9.62. The summed E-state index contributed by atoms with van der Waals surface area (Å²) in [7, 11) is 4.57. The first-order valence-electron chi connectivity index (χ1n) is 24.4. The fraction of sp³-hybridized carbons (Fsp3) is 0.407. The highest BCUT2D eigenvalue weighted by atomic mass is 16.6. The zero-order valence-corrected chi connectivity index (χ0v) is 41.7. The number of anilines is 2. The Morgan fingerprint density at radius 1 is 0.836 bits per heavy atom. The highest BCUT2D eigenvalue weighted by Gasteiger charge is 2.58. The van der Waals surface area contributed by atoms with Crippen molar-refractivity contribution < 1.29 is 57.5 Å². The van der Waals surface area contributed by atoms with Crippen molar-refractivity contribution in [3.8, 4) is 28.7 Å². The first kappa shape index (κ1) is 50.3. The van der Waals surface area contributed by atoms with E-state index in [1.54, 1.807) is 66.4 Å². The van der Waals surface area contributed by atoms with E-state index in [-0.39, 0.29) is 71.8 Å². The second-order valence-electron chi connectivity index (χ2n) is 19.5. The molecule has 0 aromatic heterocycles. The number of nitrogens with one attached hydrogen (secondary N) is 2. The summed E-state index contributed by atoms with van der Waals surface area (Å²) in [5, 5.41) is 17.4. The summed E-state index contributed by atoms with van der Waals surface area (Å²) in [4.78, 5) is 76.9. The molecule has 0 bridgehead atoms. The van der Waals surface area contributed by atoms with Gasteiger partial charge in [-0.1, -0.05) is 38.1 Å². The Morgan fingerprint density at radius 3 is 2.15 bits per heavy atom. The number of carbonyl (C=O) groups is 5. The first-order chi connectivity index (χ1) is 35.1. The highest BCUT2D eigenvalue weighted by molar-refractivity contribution is 6.07. The van der Waals surface area contributed by atoms with Gasteiger partial charge >= 0.3 is 6.09 Å². The fourth-order valence-corrected chi connectivity index (χ4v) is 9.62. The highest BCUT2D eigenvalue weighted by Crippen LogP contribution is 2.57. The maximum absolute atomic E-state index is 14.3. The van der Waals surface area contributed by atoms with E-state index in [1.807, 2.05) is 44.3 Å². The van der Waals surface area contributed by atoms with E-state index in [9.17, 15) is 29.1 Å². The molecule has 19 heteroatoms. The van der Waals surface area contributed by atoms with Crippen molar-refractivity contribution in [3.05, 3.63) is 101 Å². The number of nitrogens with two attached hydrogens (primary N) is 1. The normalized spacial score (nSPS) is 19.9. The number of hydrogen-bond acceptors (Lipinski definition) is 14. The van der Waals surface area contributed by atoms with Crippen LogP contribution >= 0.6 is 0 Å². The minimum Gasteiger partial charge on any atom is -0.497 e. The average molecular weight is 1000 g/mol. The van der Waals surface area contributed by atoms with Gasteiger partial charge in [0.25, 0.3) is 11.8 Å². The quantitative estimate of drug-likeness (QED) is 0.0837. The van der Waals surface area contributed by atoms with Crippen molar-refractivity contribution in [2.75, 3.05) is 51.3 Å². The molecule has 5 atom stereocenters. The Balaban J connectivity index is 0.859. The molecular formula is C54H61N7O12. The van der Waals surface area contributed by atoms with Crippen LogP contribution in [0.25, 0.3) is 5.57 Å². The molecule has 4 aromatic rings. The van der Waals surface area contributed by atoms with Crippen LogP contribution in [0.2, 0.25) is 0 Å². The molecule has 5 amide bonds. The molecule has 19 nitrogen and oxygen atoms in total. The van der Waals surface area contributed by atoms with E-state index in [0.29, 0.717) is 59.8 Å². The zero-order valence-electron chi connectivity index (χ0n) is 41.7. The number of hydrogen-bond donors (Lipinski definition) is 4. The number of fused-ring (bicyclic) bond motifs is 4. The summed E-state index contributed by atoms with van der Waals surface area (Å²) in [6, 6.07) is 18.2. The van der Waals surface area contributed by atoms with E-state index in [0.717, 1.165) is 34.6 Å². The van der Waals surface area contributed by atoms with Crippen LogP contribution in [0.5, 0.6) is 28.7 Å². The first-order valence-corrected chi connectivity index (χ1v) is 24.4. The lowest BCUT2D eigenvalue weighted by atomic mass is 10.0. The van der Waals surface area contributed by atoms with Gasteiger partial charge in [0.1, 0.15) is 18.4 Å². The summed E-state index contributed by atoms with van der Waals surface area (Å²) in [6.07, 6.45) is 4.65. The molecule has 73 heavy (non-hydrogen) atoms. The van der Waals surface area contributed by atoms with Gasteiger partial charge < -0.3 is 59.7 Å². The molecule has 4 heterocycles. The SMILES string of the molecule is COc1ccc(C2=CN3C(=O)c4cc(OC)c(OCCCOc5cc6c(cc5OC)C(=O)N5CC7(CC7)C[C@H]5C(O)N6C(=O)OCc5ccc(NC(=O)C(C)NC(=O)C(N)C(C)C)cc5)cc4N=C[C@@H]3C2)cc1. The summed E-state index contributed by atoms with van der Waals surface area (Å²) in [5.41, 5.74) is 9.93. The standard InChI is InChI=1S/C54H61N7O12/c1-30(2)47(55)49(63)57-31(3)48(62)58-35-12-8-32(9-13-35)28-73-53(67)61-41-24-46(44(70-6)22-39(41)51(65)60-29-54(16-17-54)25-42(60)52(61)66)72-19-7-18-71-45-23-40-38(21-43(45)69-5)50(64)59-27-34(20-36(59)26-56-40)33-10-14-37(68-4)15-11-33/h8-15,21-24,26-27,30-31,36,42,47,52,66H,7,16-20,25,28-29,55H2,1-6H3,(H,57,63)(H,58,62)/t31?,36-,42-,47?,52?/m0/s1. The third kappa shape index (κ3) is 10.4. The number of rotatable bonds is 17. The van der Waals surface area contributed by atoms with Gasteiger partial charge in [0, 0.05) is 49.6 Å². The molecule has 1 aliphatic carbocycles. The summed E-state index contributed by atoms with van der Waals surface area (Å²) in [6.45, 7) is 5.75. The van der Waals surface area contributed by atoms with E-state index in [1.165, 1.54) is 26.4 Å². The van der Waals surface area contributed by atoms with E-state index in [2.05, 4.69) is 10.6 Å². The largest absolute Gasteiger partial charge is 0.497 e. The van der Waals surface area contributed by atoms with Crippen LogP contribution in [0.3, 0.4) is 0 Å². The maximum atomic E-state index is 14.3. The minimum absolute atomic E-state index is 0.0974. The Hall–Kier alpha value is -7.64. The molecule has 2 fully saturated rings. The second kappa shape index (κ2) is 20.8. The lowest BCUT2D eigenvalue weighted by Gasteiger charge is -2.31. The molecule has 4 aromatic carbocycles. The smallest absolute Gasteiger partial charge is 0.416 e. The zero-order chi connectivity index (χ0) is 51.7. The maximum Gasteiger partial charge on any atom is 0.416 e. The summed E-state index contributed by atoms with van der Waals surface area (Å²) >= 11 is 0. The molecule has 1 saturated heterocycles. The number of methoxy groups -OCH3 is 3. The predicted octanol–water partition coefficient (Wildman–Crippen LogP) is 6.43. The molecule has 1 saturated carbocycles. The van der Waals surface area contributed by atoms with Crippen molar-refractivity contribution >= 4 is 58.6 Å². The van der Waals surface area contributed by atoms with Gasteiger partial charge in [-0.25, -0.2) is 9.69 Å². The van der Waals surface area contributed by atoms with Crippen LogP contribution in [-0.2, 0) is 20.9 Å². The van der Waals surface area contributed by atoms with Gasteiger partial charge in [0.2, 0.25) is 11.8 Å². The van der Waals surface area contributed by atoms with Gasteiger partial charge in [-0.2, -0.15) is 0 Å². The van der Waals surface area contributed by atoms with Gasteiger partial charge in [-0.15, -0.1) is 0 Å². The number of ether oxygens (including phenoxy) is 6. The van der Waals surface area contributed by atoms with Gasteiger partial charge in [-0.3, -0.25) is 24.2 Å². The average Bonchev–Trinajstić information content (AvgIpc) is 3.90. The number of aliphatic hydroxyl groups is 1. The lowest BCUT2D eigenvalue weighted by Crippen LogP contribution is -2.50. The molecule has 4 aliphatic heterocycles. The van der Waals surface area contributed by atoms with E-state index in [4.69, 9.17) is 39.1 Å². The van der Waals surface area contributed by atoms with Crippen molar-refractivity contribution in [1.29, 1.82) is 0 Å². The number of aliphatic imine (C=N–C) groups is 1. The minimum atomic E-state index is -1.44. The Bertz CT molecular complexity index is 2850. The van der Waals surface area contributed by atoms with Gasteiger partial charge in [0.05, 0.1) is 75.2 Å². The topological polar surface area (TPSA) is 233 Å². The third-order valence-corrected chi connectivity index (χ3v) is 14.2.